The minimum absolute atomic E-state index is 0.00486. The summed E-state index contributed by atoms with van der Waals surface area (Å²) in [6.07, 6.45) is 3.13. The number of hydrogen-bond donors (Lipinski definition) is 3. The van der Waals surface area contributed by atoms with Crippen molar-refractivity contribution < 1.29 is 14.9 Å². The Balaban J connectivity index is 1.85. The molecule has 0 bridgehead atoms. The van der Waals surface area contributed by atoms with Crippen LogP contribution in [-0.2, 0) is 0 Å². The topological polar surface area (TPSA) is 74.1 Å². The molecule has 2 aromatic rings. The maximum Gasteiger partial charge on any atom is 0.206 e. The van der Waals surface area contributed by atoms with Crippen LogP contribution in [0.25, 0.3) is 0 Å². The summed E-state index contributed by atoms with van der Waals surface area (Å²) in [5.41, 5.74) is 0.922. The van der Waals surface area contributed by atoms with Gasteiger partial charge in [-0.2, -0.15) is 0 Å². The smallest absolute Gasteiger partial charge is 0.206 e. The number of thioether (sulfide) groups is 1. The first-order chi connectivity index (χ1) is 13.8. The van der Waals surface area contributed by atoms with Crippen LogP contribution >= 0.6 is 11.8 Å². The average molecular weight is 411 g/mol. The van der Waals surface area contributed by atoms with Crippen LogP contribution < -0.4 is 10.1 Å². The minimum Gasteiger partial charge on any atom is -0.504 e. The van der Waals surface area contributed by atoms with E-state index in [1.165, 1.54) is 6.07 Å². The summed E-state index contributed by atoms with van der Waals surface area (Å²) in [5.74, 6) is 0.637. The van der Waals surface area contributed by atoms with Crippen molar-refractivity contribution >= 4 is 16.9 Å². The summed E-state index contributed by atoms with van der Waals surface area (Å²) < 4.78 is 6.39. The predicted molar refractivity (Wildman–Crippen MR) is 118 cm³/mol. The fourth-order valence-electron chi connectivity index (χ4n) is 4.26. The van der Waals surface area contributed by atoms with Gasteiger partial charge in [-0.05, 0) is 25.5 Å². The Labute approximate surface area is 175 Å². The first kappa shape index (κ1) is 19.7. The molecule has 5 nitrogen and oxygen atoms in total. The molecule has 1 spiro atoms. The number of fused-ring (bicyclic) bond motifs is 1. The number of phenolic OH excluding ortho intramolecular Hbond substituents is 2. The second-order valence-electron chi connectivity index (χ2n) is 8.27. The zero-order valence-electron chi connectivity index (χ0n) is 16.7. The normalized spacial score (nSPS) is 24.8. The van der Waals surface area contributed by atoms with E-state index in [-0.39, 0.29) is 23.0 Å². The van der Waals surface area contributed by atoms with Crippen LogP contribution in [0.1, 0.15) is 43.7 Å². The zero-order valence-corrected chi connectivity index (χ0v) is 17.5. The van der Waals surface area contributed by atoms with E-state index in [9.17, 15) is 10.2 Å². The quantitative estimate of drug-likeness (QED) is 0.503. The van der Waals surface area contributed by atoms with E-state index in [1.54, 1.807) is 11.8 Å². The van der Waals surface area contributed by atoms with E-state index >= 15 is 0 Å². The lowest BCUT2D eigenvalue weighted by Crippen LogP contribution is -2.57. The molecule has 0 saturated carbocycles. The maximum atomic E-state index is 10.6. The lowest BCUT2D eigenvalue weighted by atomic mass is 9.77. The Kier molecular flexibility index (Phi) is 4.99. The largest absolute Gasteiger partial charge is 0.504 e. The standard InChI is InChI=1S/C23H26N2O3S/c1-4-12-29-21-24-22(2,3)14-23(25-21)13-17(15-8-6-5-7-9-15)16-10-11-18(26)19(27)20(16)28-23/h4-11,17,26-27H,1,12-14H2,2-3H3,(H,24,25)/t17-,23+/m0/s1. The number of nitrogens with one attached hydrogen (secondary N) is 1. The third kappa shape index (κ3) is 3.81. The van der Waals surface area contributed by atoms with Crippen molar-refractivity contribution in [2.45, 2.75) is 43.9 Å². The molecule has 2 aliphatic heterocycles. The van der Waals surface area contributed by atoms with E-state index in [0.29, 0.717) is 18.6 Å². The number of nitrogens with zero attached hydrogens (tertiary/aromatic N) is 1. The van der Waals surface area contributed by atoms with Gasteiger partial charge >= 0.3 is 0 Å². The summed E-state index contributed by atoms with van der Waals surface area (Å²) in [6.45, 7) is 8.04. The van der Waals surface area contributed by atoms with Crippen molar-refractivity contribution in [3.63, 3.8) is 0 Å². The fourth-order valence-corrected chi connectivity index (χ4v) is 5.12. The Hall–Kier alpha value is -2.60. The van der Waals surface area contributed by atoms with Gasteiger partial charge in [-0.1, -0.05) is 54.2 Å². The molecule has 29 heavy (non-hydrogen) atoms. The van der Waals surface area contributed by atoms with Crippen molar-refractivity contribution in [2.24, 2.45) is 4.99 Å². The molecule has 4 rings (SSSR count). The van der Waals surface area contributed by atoms with Crippen molar-refractivity contribution in [3.8, 4) is 17.2 Å². The van der Waals surface area contributed by atoms with Gasteiger partial charge in [0.25, 0.3) is 0 Å². The Morgan fingerprint density at radius 3 is 2.72 bits per heavy atom. The van der Waals surface area contributed by atoms with Gasteiger partial charge in [0.2, 0.25) is 11.5 Å². The molecule has 2 aliphatic rings. The van der Waals surface area contributed by atoms with Crippen LogP contribution in [0.3, 0.4) is 0 Å². The molecule has 0 amide bonds. The summed E-state index contributed by atoms with van der Waals surface area (Å²) in [4.78, 5) is 4.96. The molecular formula is C23H26N2O3S. The van der Waals surface area contributed by atoms with Gasteiger partial charge in [0.05, 0.1) is 0 Å². The van der Waals surface area contributed by atoms with Crippen LogP contribution in [0.15, 0.2) is 60.1 Å². The van der Waals surface area contributed by atoms with Gasteiger partial charge in [-0.25, -0.2) is 4.99 Å². The molecule has 2 aromatic carbocycles. The number of aromatic hydroxyl groups is 2. The van der Waals surface area contributed by atoms with Gasteiger partial charge in [-0.3, -0.25) is 0 Å². The molecule has 0 fully saturated rings. The van der Waals surface area contributed by atoms with Gasteiger partial charge in [0.1, 0.15) is 0 Å². The van der Waals surface area contributed by atoms with E-state index < -0.39 is 5.72 Å². The fraction of sp³-hybridized carbons (Fsp3) is 0.348. The second kappa shape index (κ2) is 7.34. The number of phenols is 2. The highest BCUT2D eigenvalue weighted by Crippen LogP contribution is 2.53. The molecule has 3 N–H and O–H groups in total. The third-order valence-electron chi connectivity index (χ3n) is 5.34. The second-order valence-corrected chi connectivity index (χ2v) is 9.28. The van der Waals surface area contributed by atoms with Gasteiger partial charge in [0, 0.05) is 35.6 Å². The lowest BCUT2D eigenvalue weighted by molar-refractivity contribution is 0.0108. The highest BCUT2D eigenvalue weighted by Gasteiger charge is 2.49. The van der Waals surface area contributed by atoms with Gasteiger partial charge in [0.15, 0.2) is 16.7 Å². The molecule has 0 saturated heterocycles. The highest BCUT2D eigenvalue weighted by atomic mass is 32.2. The Morgan fingerprint density at radius 1 is 1.24 bits per heavy atom. The molecule has 2 atom stereocenters. The molecule has 6 heteroatoms. The summed E-state index contributed by atoms with van der Waals surface area (Å²) in [7, 11) is 0. The average Bonchev–Trinajstić information content (AvgIpc) is 2.68. The number of benzene rings is 2. The molecule has 0 aliphatic carbocycles. The van der Waals surface area contributed by atoms with Crippen LogP contribution in [0.4, 0.5) is 0 Å². The SMILES string of the molecule is C=CCSC1=N[C@@]2(C[C@@H](c3ccccc3)c3ccc(O)c(O)c3O2)CC(C)(C)N1. The van der Waals surface area contributed by atoms with E-state index in [1.807, 2.05) is 30.3 Å². The Bertz CT molecular complexity index is 958. The number of rotatable bonds is 3. The van der Waals surface area contributed by atoms with Gasteiger partial charge in [-0.15, -0.1) is 6.58 Å². The van der Waals surface area contributed by atoms with E-state index in [0.717, 1.165) is 22.0 Å². The molecular weight excluding hydrogens is 384 g/mol. The maximum absolute atomic E-state index is 10.6. The van der Waals surface area contributed by atoms with Crippen molar-refractivity contribution in [3.05, 3.63) is 66.2 Å². The number of aliphatic imine (C=N–C) groups is 1. The minimum atomic E-state index is -0.836. The van der Waals surface area contributed by atoms with Crippen LogP contribution in [0.5, 0.6) is 17.2 Å². The van der Waals surface area contributed by atoms with Crippen molar-refractivity contribution in [1.29, 1.82) is 0 Å². The zero-order chi connectivity index (χ0) is 20.6. The highest BCUT2D eigenvalue weighted by molar-refractivity contribution is 8.13. The van der Waals surface area contributed by atoms with E-state index in [4.69, 9.17) is 9.73 Å². The van der Waals surface area contributed by atoms with Gasteiger partial charge < -0.3 is 20.3 Å². The first-order valence-corrected chi connectivity index (χ1v) is 10.7. The monoisotopic (exact) mass is 410 g/mol. The Morgan fingerprint density at radius 2 is 2.00 bits per heavy atom. The molecule has 152 valence electrons. The summed E-state index contributed by atoms with van der Waals surface area (Å²) in [6, 6.07) is 13.5. The number of ether oxygens (including phenoxy) is 1. The van der Waals surface area contributed by atoms with Crippen LogP contribution in [0.2, 0.25) is 0 Å². The summed E-state index contributed by atoms with van der Waals surface area (Å²) in [5, 5.41) is 25.0. The van der Waals surface area contributed by atoms with Crippen molar-refractivity contribution in [1.82, 2.24) is 5.32 Å². The number of amidine groups is 1. The first-order valence-electron chi connectivity index (χ1n) is 9.73. The van der Waals surface area contributed by atoms with Crippen molar-refractivity contribution in [2.75, 3.05) is 5.75 Å². The van der Waals surface area contributed by atoms with Crippen LogP contribution in [-0.4, -0.2) is 32.4 Å². The third-order valence-corrected chi connectivity index (χ3v) is 6.21. The van der Waals surface area contributed by atoms with E-state index in [2.05, 4.69) is 37.9 Å². The number of hydrogen-bond acceptors (Lipinski definition) is 6. The molecule has 0 radical (unpaired) electrons. The molecule has 2 heterocycles. The lowest BCUT2D eigenvalue weighted by Gasteiger charge is -2.47. The predicted octanol–water partition coefficient (Wildman–Crippen LogP) is 4.76. The van der Waals surface area contributed by atoms with Crippen LogP contribution in [0, 0.1) is 0 Å². The molecule has 0 aromatic heterocycles. The summed E-state index contributed by atoms with van der Waals surface area (Å²) >= 11 is 1.58. The molecule has 0 unspecified atom stereocenters.